The molecule has 0 N–H and O–H groups in total. The van der Waals surface area contributed by atoms with Gasteiger partial charge in [0.2, 0.25) is 0 Å². The summed E-state index contributed by atoms with van der Waals surface area (Å²) in [5.41, 5.74) is 3.43. The normalized spacial score (nSPS) is 11.9. The van der Waals surface area contributed by atoms with Crippen molar-refractivity contribution in [2.45, 2.75) is 13.3 Å². The quantitative estimate of drug-likeness (QED) is 0.543. The number of rotatable bonds is 2. The molecule has 0 spiro atoms. The minimum Gasteiger partial charge on any atom is -0.496 e. The Bertz CT molecular complexity index is 875. The Kier molecular flexibility index (Phi) is 2.01. The van der Waals surface area contributed by atoms with Crippen molar-refractivity contribution in [3.8, 4) is 5.75 Å². The predicted octanol–water partition coefficient (Wildman–Crippen LogP) is 3.65. The lowest BCUT2D eigenvalue weighted by molar-refractivity contribution is 0.420. The van der Waals surface area contributed by atoms with Crippen molar-refractivity contribution in [1.82, 2.24) is 9.38 Å². The lowest BCUT2D eigenvalue weighted by atomic mass is 10.1. The summed E-state index contributed by atoms with van der Waals surface area (Å²) in [6, 6.07) is 12.5. The molecule has 0 unspecified atom stereocenters. The molecule has 4 aromatic rings. The highest BCUT2D eigenvalue weighted by Gasteiger charge is 2.19. The molecule has 0 aliphatic rings. The fraction of sp³-hybridized carbons (Fsp3) is 0.188. The van der Waals surface area contributed by atoms with Crippen molar-refractivity contribution >= 4 is 27.3 Å². The Labute approximate surface area is 110 Å². The SMILES string of the molecule is CCc1nc2ccc(OC)c3c4ccccc4n1c23. The number of nitrogens with zero attached hydrogens (tertiary/aromatic N) is 2. The fourth-order valence-electron chi connectivity index (χ4n) is 3.00. The smallest absolute Gasteiger partial charge is 0.129 e. The molecule has 0 saturated heterocycles. The Morgan fingerprint density at radius 3 is 2.79 bits per heavy atom. The standard InChI is InChI=1S/C16H14N2O/c1-3-14-17-11-8-9-13(19-2)15-10-6-4-5-7-12(10)18(14)16(11)15/h4-9H,3H2,1-2H3. The first-order valence-corrected chi connectivity index (χ1v) is 6.53. The van der Waals surface area contributed by atoms with Crippen molar-refractivity contribution in [2.75, 3.05) is 7.11 Å². The lowest BCUT2D eigenvalue weighted by Crippen LogP contribution is -1.89. The van der Waals surface area contributed by atoms with Gasteiger partial charge >= 0.3 is 0 Å². The minimum atomic E-state index is 0.918. The summed E-state index contributed by atoms with van der Waals surface area (Å²) in [4.78, 5) is 4.72. The van der Waals surface area contributed by atoms with Gasteiger partial charge in [0.25, 0.3) is 0 Å². The Morgan fingerprint density at radius 1 is 1.16 bits per heavy atom. The Hall–Kier alpha value is -2.29. The van der Waals surface area contributed by atoms with E-state index in [0.717, 1.165) is 23.5 Å². The van der Waals surface area contributed by atoms with E-state index < -0.39 is 0 Å². The molecule has 0 bridgehead atoms. The van der Waals surface area contributed by atoms with E-state index >= 15 is 0 Å². The zero-order valence-electron chi connectivity index (χ0n) is 11.0. The number of hydrogen-bond acceptors (Lipinski definition) is 2. The highest BCUT2D eigenvalue weighted by Crippen LogP contribution is 2.38. The van der Waals surface area contributed by atoms with Crippen molar-refractivity contribution in [2.24, 2.45) is 0 Å². The molecule has 0 atom stereocenters. The molecular weight excluding hydrogens is 236 g/mol. The second-order valence-corrected chi connectivity index (χ2v) is 4.74. The first-order valence-electron chi connectivity index (χ1n) is 6.53. The average Bonchev–Trinajstić information content (AvgIpc) is 3.00. The van der Waals surface area contributed by atoms with E-state index in [-0.39, 0.29) is 0 Å². The van der Waals surface area contributed by atoms with Gasteiger partial charge in [-0.1, -0.05) is 25.1 Å². The number of imidazole rings is 1. The van der Waals surface area contributed by atoms with Crippen LogP contribution in [-0.2, 0) is 6.42 Å². The van der Waals surface area contributed by atoms with Gasteiger partial charge in [-0.2, -0.15) is 0 Å². The van der Waals surface area contributed by atoms with E-state index in [1.54, 1.807) is 7.11 Å². The Morgan fingerprint density at radius 2 is 2.00 bits per heavy atom. The number of aryl methyl sites for hydroxylation is 1. The number of ether oxygens (including phenoxy) is 1. The van der Waals surface area contributed by atoms with E-state index in [1.165, 1.54) is 21.8 Å². The van der Waals surface area contributed by atoms with E-state index in [1.807, 2.05) is 12.1 Å². The second-order valence-electron chi connectivity index (χ2n) is 4.74. The van der Waals surface area contributed by atoms with Crippen LogP contribution in [0.5, 0.6) is 5.75 Å². The van der Waals surface area contributed by atoms with Crippen LogP contribution in [0.1, 0.15) is 12.7 Å². The summed E-state index contributed by atoms with van der Waals surface area (Å²) in [5.74, 6) is 2.02. The van der Waals surface area contributed by atoms with Crippen LogP contribution >= 0.6 is 0 Å². The molecule has 0 aliphatic heterocycles. The van der Waals surface area contributed by atoms with Gasteiger partial charge in [-0.3, -0.25) is 4.40 Å². The van der Waals surface area contributed by atoms with Crippen LogP contribution in [0.15, 0.2) is 36.4 Å². The summed E-state index contributed by atoms with van der Waals surface area (Å²) in [5, 5.41) is 2.40. The highest BCUT2D eigenvalue weighted by atomic mass is 16.5. The number of para-hydroxylation sites is 1. The van der Waals surface area contributed by atoms with E-state index in [9.17, 15) is 0 Å². The van der Waals surface area contributed by atoms with Crippen molar-refractivity contribution < 1.29 is 4.74 Å². The number of fused-ring (bicyclic) bond motifs is 3. The molecule has 4 rings (SSSR count). The predicted molar refractivity (Wildman–Crippen MR) is 77.3 cm³/mol. The third-order valence-corrected chi connectivity index (χ3v) is 3.80. The van der Waals surface area contributed by atoms with E-state index in [0.29, 0.717) is 0 Å². The molecule has 3 nitrogen and oxygen atoms in total. The van der Waals surface area contributed by atoms with Gasteiger partial charge in [0.1, 0.15) is 11.6 Å². The molecule has 19 heavy (non-hydrogen) atoms. The molecular formula is C16H14N2O. The monoisotopic (exact) mass is 250 g/mol. The topological polar surface area (TPSA) is 26.5 Å². The minimum absolute atomic E-state index is 0.918. The molecule has 3 heteroatoms. The van der Waals surface area contributed by atoms with Crippen LogP contribution in [0.2, 0.25) is 0 Å². The first kappa shape index (κ1) is 10.6. The zero-order valence-corrected chi connectivity index (χ0v) is 11.0. The van der Waals surface area contributed by atoms with Crippen LogP contribution in [-0.4, -0.2) is 16.5 Å². The van der Waals surface area contributed by atoms with Crippen LogP contribution in [0.25, 0.3) is 27.3 Å². The van der Waals surface area contributed by atoms with E-state index in [4.69, 9.17) is 9.72 Å². The lowest BCUT2D eigenvalue weighted by Gasteiger charge is -2.01. The summed E-state index contributed by atoms with van der Waals surface area (Å²) < 4.78 is 7.80. The molecule has 2 heterocycles. The average molecular weight is 250 g/mol. The Balaban J connectivity index is 2.39. The molecule has 94 valence electrons. The maximum Gasteiger partial charge on any atom is 0.129 e. The highest BCUT2D eigenvalue weighted by molar-refractivity contribution is 6.16. The van der Waals surface area contributed by atoms with Crippen molar-refractivity contribution in [3.05, 3.63) is 42.2 Å². The summed E-state index contributed by atoms with van der Waals surface area (Å²) >= 11 is 0. The van der Waals surface area contributed by atoms with Crippen LogP contribution < -0.4 is 4.74 Å². The fourth-order valence-corrected chi connectivity index (χ4v) is 3.00. The largest absolute Gasteiger partial charge is 0.496 e. The maximum absolute atomic E-state index is 5.54. The number of benzene rings is 2. The summed E-state index contributed by atoms with van der Waals surface area (Å²) in [7, 11) is 1.72. The van der Waals surface area contributed by atoms with Gasteiger partial charge in [0, 0.05) is 11.8 Å². The molecule has 2 aromatic heterocycles. The summed E-state index contributed by atoms with van der Waals surface area (Å²) in [6.07, 6.45) is 0.921. The van der Waals surface area contributed by atoms with Gasteiger partial charge in [-0.05, 0) is 18.2 Å². The molecule has 0 aliphatic carbocycles. The third-order valence-electron chi connectivity index (χ3n) is 3.80. The molecule has 0 amide bonds. The summed E-state index contributed by atoms with van der Waals surface area (Å²) in [6.45, 7) is 2.14. The molecule has 0 fully saturated rings. The van der Waals surface area contributed by atoms with Gasteiger partial charge in [0.05, 0.1) is 29.0 Å². The number of hydrogen-bond donors (Lipinski definition) is 0. The number of methoxy groups -OCH3 is 1. The van der Waals surface area contributed by atoms with E-state index in [2.05, 4.69) is 35.6 Å². The van der Waals surface area contributed by atoms with Gasteiger partial charge in [-0.25, -0.2) is 4.98 Å². The third kappa shape index (κ3) is 1.19. The van der Waals surface area contributed by atoms with Gasteiger partial charge in [-0.15, -0.1) is 0 Å². The van der Waals surface area contributed by atoms with Crippen molar-refractivity contribution in [1.29, 1.82) is 0 Å². The maximum atomic E-state index is 5.54. The van der Waals surface area contributed by atoms with Crippen LogP contribution in [0.3, 0.4) is 0 Å². The molecule has 0 saturated carbocycles. The second kappa shape index (κ2) is 3.60. The number of aromatic nitrogens is 2. The van der Waals surface area contributed by atoms with Crippen LogP contribution in [0, 0.1) is 0 Å². The van der Waals surface area contributed by atoms with Crippen LogP contribution in [0.4, 0.5) is 0 Å². The zero-order chi connectivity index (χ0) is 13.0. The molecule has 2 aromatic carbocycles. The van der Waals surface area contributed by atoms with Gasteiger partial charge < -0.3 is 4.74 Å². The van der Waals surface area contributed by atoms with Crippen molar-refractivity contribution in [3.63, 3.8) is 0 Å². The molecule has 0 radical (unpaired) electrons. The first-order chi connectivity index (χ1) is 9.35. The van der Waals surface area contributed by atoms with Gasteiger partial charge in [0.15, 0.2) is 0 Å².